The lowest BCUT2D eigenvalue weighted by molar-refractivity contribution is -0.145. The first-order valence-corrected chi connectivity index (χ1v) is 10.9. The van der Waals surface area contributed by atoms with Gasteiger partial charge in [-0.05, 0) is 12.8 Å². The van der Waals surface area contributed by atoms with Gasteiger partial charge in [0.1, 0.15) is 6.61 Å². The number of esters is 1. The number of ether oxygens (including phenoxy) is 6. The molecule has 0 unspecified atom stereocenters. The van der Waals surface area contributed by atoms with Crippen molar-refractivity contribution < 1.29 is 33.2 Å². The molecule has 0 radical (unpaired) electrons. The van der Waals surface area contributed by atoms with Crippen LogP contribution < -0.4 is 0 Å². The fourth-order valence-corrected chi connectivity index (χ4v) is 2.21. The molecule has 0 aliphatic rings. The highest BCUT2D eigenvalue weighted by atomic mass is 16.6. The van der Waals surface area contributed by atoms with E-state index in [2.05, 4.69) is 13.8 Å². The van der Waals surface area contributed by atoms with Crippen molar-refractivity contribution in [3.8, 4) is 0 Å². The molecule has 0 saturated carbocycles. The van der Waals surface area contributed by atoms with Gasteiger partial charge in [0.2, 0.25) is 0 Å². The van der Waals surface area contributed by atoms with Crippen LogP contribution in [-0.2, 0) is 33.2 Å². The Balaban J connectivity index is 3.07. The molecule has 28 heavy (non-hydrogen) atoms. The molecule has 0 atom stereocenters. The lowest BCUT2D eigenvalue weighted by atomic mass is 10.2. The van der Waals surface area contributed by atoms with E-state index < -0.39 is 0 Å². The van der Waals surface area contributed by atoms with E-state index >= 15 is 0 Å². The Labute approximate surface area is 171 Å². The molecule has 168 valence electrons. The molecule has 0 N–H and O–H groups in total. The van der Waals surface area contributed by atoms with Crippen molar-refractivity contribution in [1.82, 2.24) is 0 Å². The molecule has 0 aromatic heterocycles. The maximum absolute atomic E-state index is 11.4. The smallest absolute Gasteiger partial charge is 0.305 e. The molecule has 7 nitrogen and oxygen atoms in total. The first kappa shape index (κ1) is 27.3. The van der Waals surface area contributed by atoms with Crippen LogP contribution in [0.15, 0.2) is 0 Å². The van der Waals surface area contributed by atoms with Crippen LogP contribution in [0.4, 0.5) is 0 Å². The highest BCUT2D eigenvalue weighted by molar-refractivity contribution is 5.69. The van der Waals surface area contributed by atoms with E-state index in [1.807, 2.05) is 0 Å². The summed E-state index contributed by atoms with van der Waals surface area (Å²) >= 11 is 0. The second-order valence-electron chi connectivity index (χ2n) is 6.45. The van der Waals surface area contributed by atoms with Crippen molar-refractivity contribution in [3.05, 3.63) is 0 Å². The van der Waals surface area contributed by atoms with Gasteiger partial charge < -0.3 is 28.4 Å². The van der Waals surface area contributed by atoms with E-state index in [9.17, 15) is 4.79 Å². The molecule has 7 heteroatoms. The standard InChI is InChI=1S/C21H42O7/c1-3-5-7-8-9-21(22)28-20-19-27-18-17-26-16-15-25-14-13-24-12-11-23-10-6-4-2/h3-20H2,1-2H3. The Hall–Kier alpha value is -0.730. The van der Waals surface area contributed by atoms with Crippen molar-refractivity contribution >= 4 is 5.97 Å². The quantitative estimate of drug-likeness (QED) is 0.190. The van der Waals surface area contributed by atoms with Crippen molar-refractivity contribution in [2.75, 3.05) is 72.7 Å². The van der Waals surface area contributed by atoms with Gasteiger partial charge in [0.05, 0.1) is 59.5 Å². The van der Waals surface area contributed by atoms with Gasteiger partial charge in [0.15, 0.2) is 0 Å². The van der Waals surface area contributed by atoms with E-state index in [4.69, 9.17) is 28.4 Å². The Morgan fingerprint density at radius 3 is 1.39 bits per heavy atom. The molecule has 0 rings (SSSR count). The molecule has 0 aromatic carbocycles. The normalized spacial score (nSPS) is 11.1. The molecule has 0 aliphatic heterocycles. The van der Waals surface area contributed by atoms with Gasteiger partial charge in [0.25, 0.3) is 0 Å². The maximum atomic E-state index is 11.4. The molecular formula is C21H42O7. The zero-order valence-corrected chi connectivity index (χ0v) is 18.1. The second kappa shape index (κ2) is 24.3. The van der Waals surface area contributed by atoms with Crippen LogP contribution in [0.3, 0.4) is 0 Å². The third-order valence-electron chi connectivity index (χ3n) is 3.86. The van der Waals surface area contributed by atoms with Crippen LogP contribution in [0.2, 0.25) is 0 Å². The van der Waals surface area contributed by atoms with E-state index in [0.717, 1.165) is 32.3 Å². The van der Waals surface area contributed by atoms with Crippen LogP contribution in [0, 0.1) is 0 Å². The zero-order valence-electron chi connectivity index (χ0n) is 18.1. The second-order valence-corrected chi connectivity index (χ2v) is 6.45. The Kier molecular flexibility index (Phi) is 23.7. The first-order valence-electron chi connectivity index (χ1n) is 10.9. The summed E-state index contributed by atoms with van der Waals surface area (Å²) in [5.41, 5.74) is 0. The van der Waals surface area contributed by atoms with Gasteiger partial charge in [-0.2, -0.15) is 0 Å². The van der Waals surface area contributed by atoms with Crippen molar-refractivity contribution in [3.63, 3.8) is 0 Å². The summed E-state index contributed by atoms with van der Waals surface area (Å²) in [6.07, 6.45) is 7.08. The number of carbonyl (C=O) groups excluding carboxylic acids is 1. The molecule has 0 spiro atoms. The Morgan fingerprint density at radius 1 is 0.500 bits per heavy atom. The van der Waals surface area contributed by atoms with E-state index in [1.54, 1.807) is 0 Å². The lowest BCUT2D eigenvalue weighted by Crippen LogP contribution is -2.15. The molecular weight excluding hydrogens is 364 g/mol. The van der Waals surface area contributed by atoms with Crippen molar-refractivity contribution in [2.45, 2.75) is 58.8 Å². The largest absolute Gasteiger partial charge is 0.463 e. The molecule has 0 fully saturated rings. The molecule has 0 aromatic rings. The number of hydrogen-bond donors (Lipinski definition) is 0. The van der Waals surface area contributed by atoms with Gasteiger partial charge in [-0.25, -0.2) is 0 Å². The SMILES string of the molecule is CCCCCCC(=O)OCCOCCOCCOCCOCCOCCCC. The third kappa shape index (κ3) is 23.3. The predicted octanol–water partition coefficient (Wildman–Crippen LogP) is 3.38. The summed E-state index contributed by atoms with van der Waals surface area (Å²) in [6.45, 7) is 10.2. The van der Waals surface area contributed by atoms with E-state index in [1.165, 1.54) is 12.8 Å². The van der Waals surface area contributed by atoms with Crippen molar-refractivity contribution in [2.24, 2.45) is 0 Å². The van der Waals surface area contributed by atoms with Crippen LogP contribution in [0.25, 0.3) is 0 Å². The summed E-state index contributed by atoms with van der Waals surface area (Å²) in [5, 5.41) is 0. The average molecular weight is 407 g/mol. The summed E-state index contributed by atoms with van der Waals surface area (Å²) in [6, 6.07) is 0. The fraction of sp³-hybridized carbons (Fsp3) is 0.952. The van der Waals surface area contributed by atoms with Gasteiger partial charge in [-0.15, -0.1) is 0 Å². The van der Waals surface area contributed by atoms with Gasteiger partial charge in [-0.1, -0.05) is 39.5 Å². The van der Waals surface area contributed by atoms with E-state index in [0.29, 0.717) is 72.5 Å². The lowest BCUT2D eigenvalue weighted by Gasteiger charge is -2.08. The first-order chi connectivity index (χ1) is 13.8. The minimum absolute atomic E-state index is 0.138. The summed E-state index contributed by atoms with van der Waals surface area (Å²) in [5.74, 6) is -0.138. The molecule has 0 aliphatic carbocycles. The van der Waals surface area contributed by atoms with Crippen LogP contribution in [-0.4, -0.2) is 78.6 Å². The Morgan fingerprint density at radius 2 is 0.929 bits per heavy atom. The maximum Gasteiger partial charge on any atom is 0.305 e. The topological polar surface area (TPSA) is 72.5 Å². The monoisotopic (exact) mass is 406 g/mol. The van der Waals surface area contributed by atoms with Crippen LogP contribution in [0.1, 0.15) is 58.8 Å². The number of unbranched alkanes of at least 4 members (excludes halogenated alkanes) is 4. The van der Waals surface area contributed by atoms with Crippen molar-refractivity contribution in [1.29, 1.82) is 0 Å². The highest BCUT2D eigenvalue weighted by Gasteiger charge is 2.02. The number of hydrogen-bond acceptors (Lipinski definition) is 7. The van der Waals surface area contributed by atoms with Crippen LogP contribution >= 0.6 is 0 Å². The van der Waals surface area contributed by atoms with Gasteiger partial charge in [-0.3, -0.25) is 4.79 Å². The van der Waals surface area contributed by atoms with Gasteiger partial charge >= 0.3 is 5.97 Å². The number of carbonyl (C=O) groups is 1. The summed E-state index contributed by atoms with van der Waals surface area (Å²) < 4.78 is 32.1. The van der Waals surface area contributed by atoms with E-state index in [-0.39, 0.29) is 5.97 Å². The fourth-order valence-electron chi connectivity index (χ4n) is 2.21. The third-order valence-corrected chi connectivity index (χ3v) is 3.86. The minimum Gasteiger partial charge on any atom is -0.463 e. The number of rotatable bonds is 23. The summed E-state index contributed by atoms with van der Waals surface area (Å²) in [7, 11) is 0. The van der Waals surface area contributed by atoms with Gasteiger partial charge in [0, 0.05) is 13.0 Å². The highest BCUT2D eigenvalue weighted by Crippen LogP contribution is 2.03. The average Bonchev–Trinajstić information content (AvgIpc) is 2.70. The zero-order chi connectivity index (χ0) is 20.5. The molecule has 0 saturated heterocycles. The minimum atomic E-state index is -0.138. The Bertz CT molecular complexity index is 313. The predicted molar refractivity (Wildman–Crippen MR) is 109 cm³/mol. The van der Waals surface area contributed by atoms with Crippen LogP contribution in [0.5, 0.6) is 0 Å². The molecule has 0 amide bonds. The molecule has 0 heterocycles. The molecule has 0 bridgehead atoms. The summed E-state index contributed by atoms with van der Waals surface area (Å²) in [4.78, 5) is 11.4.